The number of amides is 1. The Kier molecular flexibility index (Phi) is 13.7. The molecule has 0 aliphatic heterocycles. The molecule has 0 bridgehead atoms. The molecular weight excluding hydrogens is 304 g/mol. The van der Waals surface area contributed by atoms with Crippen LogP contribution in [0.3, 0.4) is 0 Å². The van der Waals surface area contributed by atoms with Crippen LogP contribution in [-0.2, 0) is 14.6 Å². The topological polar surface area (TPSA) is 111 Å². The van der Waals surface area contributed by atoms with Crippen LogP contribution in [0.1, 0.15) is 19.3 Å². The third-order valence-electron chi connectivity index (χ3n) is 3.16. The zero-order valence-corrected chi connectivity index (χ0v) is 14.0. The van der Waals surface area contributed by atoms with Gasteiger partial charge in [-0.25, -0.2) is 9.78 Å². The fraction of sp³-hybridized carbons (Fsp3) is 0.800. The van der Waals surface area contributed by atoms with Gasteiger partial charge in [-0.3, -0.25) is 4.79 Å². The molecule has 2 atom stereocenters. The second kappa shape index (κ2) is 14.4. The maximum absolute atomic E-state index is 11.5. The molecule has 4 N–H and O–H groups in total. The van der Waals surface area contributed by atoms with Gasteiger partial charge in [0.2, 0.25) is 5.91 Å². The third-order valence-corrected chi connectivity index (χ3v) is 3.16. The predicted molar refractivity (Wildman–Crippen MR) is 85.7 cm³/mol. The summed E-state index contributed by atoms with van der Waals surface area (Å²) in [6.07, 6.45) is 2.77. The van der Waals surface area contributed by atoms with E-state index in [9.17, 15) is 9.90 Å². The van der Waals surface area contributed by atoms with Crippen molar-refractivity contribution in [3.8, 4) is 0 Å². The summed E-state index contributed by atoms with van der Waals surface area (Å²) in [7, 11) is 3.95. The molecule has 23 heavy (non-hydrogen) atoms. The Hall–Kier alpha value is -1.19. The maximum atomic E-state index is 11.5. The molecule has 0 heterocycles. The first-order chi connectivity index (χ1) is 11.0. The highest BCUT2D eigenvalue weighted by molar-refractivity contribution is 5.75. The van der Waals surface area contributed by atoms with Gasteiger partial charge in [-0.05, 0) is 39.6 Å². The first kappa shape index (κ1) is 21.8. The van der Waals surface area contributed by atoms with E-state index in [2.05, 4.69) is 5.32 Å². The second-order valence-corrected chi connectivity index (χ2v) is 5.49. The summed E-state index contributed by atoms with van der Waals surface area (Å²) in [6, 6.07) is 0. The van der Waals surface area contributed by atoms with Gasteiger partial charge in [-0.2, -0.15) is 0 Å². The summed E-state index contributed by atoms with van der Waals surface area (Å²) in [5.74, 6) is -0.509. The average molecular weight is 334 g/mol. The van der Waals surface area contributed by atoms with Crippen molar-refractivity contribution in [3.05, 3.63) is 12.3 Å². The quantitative estimate of drug-likeness (QED) is 0.151. The molecule has 0 rings (SSSR count). The Balaban J connectivity index is 3.70. The van der Waals surface area contributed by atoms with Crippen molar-refractivity contribution in [3.63, 3.8) is 0 Å². The number of hydrogen-bond donors (Lipinski definition) is 4. The van der Waals surface area contributed by atoms with Crippen molar-refractivity contribution < 1.29 is 29.9 Å². The number of carbonyl (C=O) groups excluding carboxylic acids is 1. The number of nitrogens with one attached hydrogen (secondary N) is 1. The second-order valence-electron chi connectivity index (χ2n) is 5.49. The van der Waals surface area contributed by atoms with Crippen LogP contribution in [0.5, 0.6) is 0 Å². The number of carbonyl (C=O) groups is 1. The van der Waals surface area contributed by atoms with Gasteiger partial charge in [-0.15, -0.1) is 0 Å². The zero-order chi connectivity index (χ0) is 17.5. The lowest BCUT2D eigenvalue weighted by Gasteiger charge is -2.19. The van der Waals surface area contributed by atoms with Crippen molar-refractivity contribution >= 4 is 5.91 Å². The molecule has 1 amide bonds. The molecule has 0 saturated heterocycles. The van der Waals surface area contributed by atoms with E-state index >= 15 is 0 Å². The lowest BCUT2D eigenvalue weighted by atomic mass is 10.0. The number of hydrogen-bond acceptors (Lipinski definition) is 7. The van der Waals surface area contributed by atoms with Crippen molar-refractivity contribution in [2.75, 3.05) is 47.0 Å². The van der Waals surface area contributed by atoms with Gasteiger partial charge in [0, 0.05) is 12.5 Å². The number of nitrogens with zero attached hydrogens (tertiary/aromatic N) is 1. The van der Waals surface area contributed by atoms with E-state index in [1.807, 2.05) is 19.0 Å². The van der Waals surface area contributed by atoms with Gasteiger partial charge < -0.3 is 25.5 Å². The molecule has 2 unspecified atom stereocenters. The molecule has 0 aromatic heterocycles. The van der Waals surface area contributed by atoms with Crippen molar-refractivity contribution in [1.82, 2.24) is 10.2 Å². The first-order valence-corrected chi connectivity index (χ1v) is 7.75. The van der Waals surface area contributed by atoms with Crippen LogP contribution in [0.4, 0.5) is 0 Å². The standard InChI is InChI=1S/C15H30N2O6/c1-17(2)8-4-7-16-15(21)6-10-22-23-12-13(5-3-9-18)14(20)11-19/h3,9,13-14,18-20H,4-8,10-12H2,1-2H3,(H,16,21)/b9-3-. The summed E-state index contributed by atoms with van der Waals surface area (Å²) in [4.78, 5) is 23.4. The fourth-order valence-electron chi connectivity index (χ4n) is 1.76. The van der Waals surface area contributed by atoms with Crippen molar-refractivity contribution in [2.24, 2.45) is 5.92 Å². The molecule has 136 valence electrons. The van der Waals surface area contributed by atoms with Gasteiger partial charge in [0.15, 0.2) is 0 Å². The number of aliphatic hydroxyl groups is 3. The molecule has 8 heteroatoms. The summed E-state index contributed by atoms with van der Waals surface area (Å²) in [5.41, 5.74) is 0. The Morgan fingerprint density at radius 3 is 2.70 bits per heavy atom. The molecule has 0 aromatic carbocycles. The maximum Gasteiger partial charge on any atom is 0.222 e. The molecule has 0 spiro atoms. The highest BCUT2D eigenvalue weighted by Crippen LogP contribution is 2.11. The first-order valence-electron chi connectivity index (χ1n) is 7.75. The van der Waals surface area contributed by atoms with E-state index in [1.54, 1.807) is 0 Å². The summed E-state index contributed by atoms with van der Waals surface area (Å²) in [5, 5.41) is 29.9. The Morgan fingerprint density at radius 2 is 2.09 bits per heavy atom. The van der Waals surface area contributed by atoms with Gasteiger partial charge in [0.05, 0.1) is 38.6 Å². The van der Waals surface area contributed by atoms with Crippen LogP contribution in [0, 0.1) is 5.92 Å². The van der Waals surface area contributed by atoms with Crippen molar-refractivity contribution in [2.45, 2.75) is 25.4 Å². The largest absolute Gasteiger partial charge is 0.516 e. The van der Waals surface area contributed by atoms with E-state index in [4.69, 9.17) is 20.0 Å². The van der Waals surface area contributed by atoms with E-state index in [1.165, 1.54) is 6.08 Å². The molecule has 0 saturated carbocycles. The Morgan fingerprint density at radius 1 is 1.35 bits per heavy atom. The summed E-state index contributed by atoms with van der Waals surface area (Å²) >= 11 is 0. The monoisotopic (exact) mass is 334 g/mol. The van der Waals surface area contributed by atoms with E-state index in [0.717, 1.165) is 19.2 Å². The SMILES string of the molecule is CN(C)CCCNC(=O)CCOOCC(C/C=C\O)C(O)CO. The molecule has 8 nitrogen and oxygen atoms in total. The molecule has 0 radical (unpaired) electrons. The minimum atomic E-state index is -0.963. The normalized spacial score (nSPS) is 14.3. The lowest BCUT2D eigenvalue weighted by molar-refractivity contribution is -0.304. The molecule has 0 aliphatic carbocycles. The number of aliphatic hydroxyl groups excluding tert-OH is 3. The van der Waals surface area contributed by atoms with Crippen LogP contribution in [-0.4, -0.2) is 79.2 Å². The fourth-order valence-corrected chi connectivity index (χ4v) is 1.76. The van der Waals surface area contributed by atoms with Gasteiger partial charge in [0.25, 0.3) is 0 Å². The van der Waals surface area contributed by atoms with Crippen LogP contribution < -0.4 is 5.32 Å². The minimum Gasteiger partial charge on any atom is -0.516 e. The molecule has 0 aromatic rings. The molecule has 0 fully saturated rings. The summed E-state index contributed by atoms with van der Waals surface area (Å²) < 4.78 is 0. The Labute approximate surface area is 137 Å². The van der Waals surface area contributed by atoms with Crippen LogP contribution >= 0.6 is 0 Å². The van der Waals surface area contributed by atoms with Crippen LogP contribution in [0.2, 0.25) is 0 Å². The van der Waals surface area contributed by atoms with Gasteiger partial charge >= 0.3 is 0 Å². The molecular formula is C15H30N2O6. The predicted octanol–water partition coefficient (Wildman–Crippen LogP) is -0.176. The number of rotatable bonds is 14. The zero-order valence-electron chi connectivity index (χ0n) is 14.0. The lowest BCUT2D eigenvalue weighted by Crippen LogP contribution is -2.29. The van der Waals surface area contributed by atoms with Gasteiger partial charge in [-0.1, -0.05) is 0 Å². The van der Waals surface area contributed by atoms with Gasteiger partial charge in [0.1, 0.15) is 0 Å². The smallest absolute Gasteiger partial charge is 0.222 e. The third kappa shape index (κ3) is 13.0. The van der Waals surface area contributed by atoms with Crippen molar-refractivity contribution in [1.29, 1.82) is 0 Å². The highest BCUT2D eigenvalue weighted by atomic mass is 17.2. The van der Waals surface area contributed by atoms with Crippen LogP contribution in [0.25, 0.3) is 0 Å². The van der Waals surface area contributed by atoms with E-state index in [-0.39, 0.29) is 25.5 Å². The molecule has 0 aliphatic rings. The highest BCUT2D eigenvalue weighted by Gasteiger charge is 2.18. The average Bonchev–Trinajstić information content (AvgIpc) is 2.53. The van der Waals surface area contributed by atoms with Crippen LogP contribution in [0.15, 0.2) is 12.3 Å². The summed E-state index contributed by atoms with van der Waals surface area (Å²) in [6.45, 7) is 1.29. The van der Waals surface area contributed by atoms with E-state index < -0.39 is 18.6 Å². The Bertz CT molecular complexity index is 325. The number of allylic oxidation sites excluding steroid dienone is 1. The minimum absolute atomic E-state index is 0.0521. The van der Waals surface area contributed by atoms with E-state index in [0.29, 0.717) is 13.0 Å².